The number of thioether (sulfide) groups is 1. The van der Waals surface area contributed by atoms with E-state index in [-0.39, 0.29) is 12.3 Å². The first-order valence-corrected chi connectivity index (χ1v) is 8.07. The lowest BCUT2D eigenvalue weighted by molar-refractivity contribution is -0.154. The number of amides is 4. The molecule has 9 heteroatoms. The van der Waals surface area contributed by atoms with Gasteiger partial charge in [-0.15, -0.1) is 11.8 Å². The number of carbonyl (C=O) groups excluding carboxylic acids is 4. The SMILES string of the molecule is CNC(=O)NC(=O)[C@H](C)OC(=O)C[C@H]1Sc2ccccc2NC1=O. The van der Waals surface area contributed by atoms with Gasteiger partial charge >= 0.3 is 12.0 Å². The normalized spacial score (nSPS) is 17.1. The molecule has 4 amide bonds. The molecule has 0 saturated carbocycles. The Bertz CT molecular complexity index is 679. The zero-order valence-corrected chi connectivity index (χ0v) is 13.9. The van der Waals surface area contributed by atoms with Crippen molar-refractivity contribution in [2.45, 2.75) is 29.6 Å². The molecule has 0 unspecified atom stereocenters. The highest BCUT2D eigenvalue weighted by Gasteiger charge is 2.30. The molecule has 0 spiro atoms. The molecule has 8 nitrogen and oxygen atoms in total. The first kappa shape index (κ1) is 17.8. The van der Waals surface area contributed by atoms with Crippen LogP contribution in [0.1, 0.15) is 13.3 Å². The highest BCUT2D eigenvalue weighted by atomic mass is 32.2. The molecule has 2 rings (SSSR count). The molecule has 1 heterocycles. The lowest BCUT2D eigenvalue weighted by Gasteiger charge is -2.23. The molecule has 0 aliphatic carbocycles. The number of imide groups is 1. The Kier molecular flexibility index (Phi) is 5.80. The first-order valence-electron chi connectivity index (χ1n) is 7.19. The number of benzene rings is 1. The maximum Gasteiger partial charge on any atom is 0.321 e. The van der Waals surface area contributed by atoms with E-state index in [1.54, 1.807) is 12.1 Å². The van der Waals surface area contributed by atoms with Gasteiger partial charge in [-0.1, -0.05) is 12.1 Å². The van der Waals surface area contributed by atoms with Crippen molar-refractivity contribution < 1.29 is 23.9 Å². The van der Waals surface area contributed by atoms with E-state index < -0.39 is 29.3 Å². The summed E-state index contributed by atoms with van der Waals surface area (Å²) in [5.74, 6) is -1.73. The number of ether oxygens (including phenoxy) is 1. The monoisotopic (exact) mass is 351 g/mol. The maximum absolute atomic E-state index is 12.0. The van der Waals surface area contributed by atoms with Crippen LogP contribution in [0.15, 0.2) is 29.2 Å². The summed E-state index contributed by atoms with van der Waals surface area (Å²) < 4.78 is 4.97. The minimum atomic E-state index is -1.14. The third-order valence-electron chi connectivity index (χ3n) is 3.20. The van der Waals surface area contributed by atoms with Crippen LogP contribution in [0.4, 0.5) is 10.5 Å². The summed E-state index contributed by atoms with van der Waals surface area (Å²) in [7, 11) is 1.36. The molecule has 1 aromatic carbocycles. The molecule has 128 valence electrons. The average Bonchev–Trinajstić information content (AvgIpc) is 2.55. The highest BCUT2D eigenvalue weighted by molar-refractivity contribution is 8.01. The Morgan fingerprint density at radius 1 is 1.33 bits per heavy atom. The van der Waals surface area contributed by atoms with Crippen LogP contribution in [-0.4, -0.2) is 42.2 Å². The number of hydrogen-bond acceptors (Lipinski definition) is 6. The van der Waals surface area contributed by atoms with Crippen molar-refractivity contribution in [1.29, 1.82) is 0 Å². The van der Waals surface area contributed by atoms with Crippen molar-refractivity contribution in [3.8, 4) is 0 Å². The van der Waals surface area contributed by atoms with Gasteiger partial charge in [-0.05, 0) is 19.1 Å². The second-order valence-electron chi connectivity index (χ2n) is 5.00. The van der Waals surface area contributed by atoms with Gasteiger partial charge in [0.05, 0.1) is 17.4 Å². The van der Waals surface area contributed by atoms with E-state index in [9.17, 15) is 19.2 Å². The van der Waals surface area contributed by atoms with E-state index in [1.165, 1.54) is 25.7 Å². The molecule has 0 saturated heterocycles. The predicted octanol–water partition coefficient (Wildman–Crippen LogP) is 0.877. The second-order valence-corrected chi connectivity index (χ2v) is 6.24. The fraction of sp³-hybridized carbons (Fsp3) is 0.333. The van der Waals surface area contributed by atoms with Gasteiger partial charge in [0.25, 0.3) is 5.91 Å². The van der Waals surface area contributed by atoms with Gasteiger partial charge in [0.15, 0.2) is 6.10 Å². The smallest absolute Gasteiger partial charge is 0.321 e. The van der Waals surface area contributed by atoms with E-state index >= 15 is 0 Å². The number of carbonyl (C=O) groups is 4. The Morgan fingerprint density at radius 2 is 2.04 bits per heavy atom. The van der Waals surface area contributed by atoms with Crippen molar-refractivity contribution in [2.24, 2.45) is 0 Å². The van der Waals surface area contributed by atoms with Crippen LogP contribution in [0.2, 0.25) is 0 Å². The molecule has 0 radical (unpaired) electrons. The second kappa shape index (κ2) is 7.82. The van der Waals surface area contributed by atoms with Gasteiger partial charge in [-0.3, -0.25) is 19.7 Å². The van der Waals surface area contributed by atoms with E-state index in [0.29, 0.717) is 5.69 Å². The molecule has 0 bridgehead atoms. The van der Waals surface area contributed by atoms with Gasteiger partial charge in [0, 0.05) is 11.9 Å². The van der Waals surface area contributed by atoms with Crippen LogP contribution in [0.5, 0.6) is 0 Å². The fourth-order valence-electron chi connectivity index (χ4n) is 1.95. The number of rotatable bonds is 4. The van der Waals surface area contributed by atoms with Gasteiger partial charge in [0.2, 0.25) is 5.91 Å². The zero-order chi connectivity index (χ0) is 17.7. The predicted molar refractivity (Wildman–Crippen MR) is 87.5 cm³/mol. The molecular weight excluding hydrogens is 334 g/mol. The summed E-state index contributed by atoms with van der Waals surface area (Å²) in [6, 6.07) is 6.57. The summed E-state index contributed by atoms with van der Waals surface area (Å²) in [6.45, 7) is 1.35. The Hall–Kier alpha value is -2.55. The van der Waals surface area contributed by atoms with Crippen molar-refractivity contribution in [3.63, 3.8) is 0 Å². The van der Waals surface area contributed by atoms with E-state index in [1.807, 2.05) is 17.4 Å². The standard InChI is InChI=1S/C15H17N3O5S/c1-8(13(20)18-15(22)16-2)23-12(19)7-11-14(21)17-9-5-3-4-6-10(9)24-11/h3-6,8,11H,7H2,1-2H3,(H,17,21)(H2,16,18,20,22)/t8-,11+/m0/s1. The minimum absolute atomic E-state index is 0.178. The Labute approximate surface area is 142 Å². The summed E-state index contributed by atoms with van der Waals surface area (Å²) >= 11 is 1.27. The first-order chi connectivity index (χ1) is 11.4. The van der Waals surface area contributed by atoms with Crippen LogP contribution in [-0.2, 0) is 19.1 Å². The summed E-state index contributed by atoms with van der Waals surface area (Å²) in [5.41, 5.74) is 0.704. The van der Waals surface area contributed by atoms with Crippen LogP contribution < -0.4 is 16.0 Å². The number of anilines is 1. The lowest BCUT2D eigenvalue weighted by atomic mass is 10.2. The average molecular weight is 351 g/mol. The van der Waals surface area contributed by atoms with Gasteiger partial charge < -0.3 is 15.4 Å². The molecule has 0 aromatic heterocycles. The number of fused-ring (bicyclic) bond motifs is 1. The Morgan fingerprint density at radius 3 is 2.75 bits per heavy atom. The topological polar surface area (TPSA) is 114 Å². The maximum atomic E-state index is 12.0. The largest absolute Gasteiger partial charge is 0.452 e. The van der Waals surface area contributed by atoms with Crippen molar-refractivity contribution in [2.75, 3.05) is 12.4 Å². The van der Waals surface area contributed by atoms with E-state index in [4.69, 9.17) is 4.74 Å². The van der Waals surface area contributed by atoms with E-state index in [0.717, 1.165) is 4.90 Å². The van der Waals surface area contributed by atoms with E-state index in [2.05, 4.69) is 10.6 Å². The number of urea groups is 1. The van der Waals surface area contributed by atoms with Crippen LogP contribution >= 0.6 is 11.8 Å². The third-order valence-corrected chi connectivity index (χ3v) is 4.48. The van der Waals surface area contributed by atoms with Gasteiger partial charge in [0.1, 0.15) is 0 Å². The van der Waals surface area contributed by atoms with Crippen LogP contribution in [0.3, 0.4) is 0 Å². The number of esters is 1. The molecule has 0 fully saturated rings. The third kappa shape index (κ3) is 4.48. The summed E-state index contributed by atoms with van der Waals surface area (Å²) in [4.78, 5) is 47.5. The van der Waals surface area contributed by atoms with Crippen LogP contribution in [0.25, 0.3) is 0 Å². The van der Waals surface area contributed by atoms with Gasteiger partial charge in [-0.2, -0.15) is 0 Å². The zero-order valence-electron chi connectivity index (χ0n) is 13.1. The number of nitrogens with one attached hydrogen (secondary N) is 3. The number of para-hydroxylation sites is 1. The number of hydrogen-bond donors (Lipinski definition) is 3. The molecule has 1 aromatic rings. The molecule has 24 heavy (non-hydrogen) atoms. The quantitative estimate of drug-likeness (QED) is 0.694. The van der Waals surface area contributed by atoms with Crippen molar-refractivity contribution in [1.82, 2.24) is 10.6 Å². The van der Waals surface area contributed by atoms with Crippen molar-refractivity contribution >= 4 is 41.3 Å². The molecular formula is C15H17N3O5S. The van der Waals surface area contributed by atoms with Gasteiger partial charge in [-0.25, -0.2) is 4.79 Å². The minimum Gasteiger partial charge on any atom is -0.452 e. The molecule has 1 aliphatic heterocycles. The Balaban J connectivity index is 1.89. The molecule has 1 aliphatic rings. The molecule has 3 N–H and O–H groups in total. The highest BCUT2D eigenvalue weighted by Crippen LogP contribution is 2.36. The fourth-order valence-corrected chi connectivity index (χ4v) is 3.05. The summed E-state index contributed by atoms with van der Waals surface area (Å²) in [5, 5.41) is 6.31. The lowest BCUT2D eigenvalue weighted by Crippen LogP contribution is -2.43. The molecule has 2 atom stereocenters. The summed E-state index contributed by atoms with van der Waals surface area (Å²) in [6.07, 6.45) is -1.32. The van der Waals surface area contributed by atoms with Crippen molar-refractivity contribution in [3.05, 3.63) is 24.3 Å². The van der Waals surface area contributed by atoms with Crippen LogP contribution in [0, 0.1) is 0 Å².